The molecule has 0 aliphatic heterocycles. The average molecular weight is 538 g/mol. The van der Waals surface area contributed by atoms with Gasteiger partial charge in [0.25, 0.3) is 0 Å². The minimum atomic E-state index is -0.585. The predicted molar refractivity (Wildman–Crippen MR) is 145 cm³/mol. The number of hydrogen-bond donors (Lipinski definition) is 1. The Morgan fingerprint density at radius 2 is 1.74 bits per heavy atom. The van der Waals surface area contributed by atoms with E-state index in [1.54, 1.807) is 30.2 Å². The van der Waals surface area contributed by atoms with Gasteiger partial charge in [-0.05, 0) is 49.1 Å². The van der Waals surface area contributed by atoms with Gasteiger partial charge in [0, 0.05) is 33.9 Å². The molecule has 190 valence electrons. The first kappa shape index (κ1) is 27.7. The number of hydrogen-bond acceptors (Lipinski definition) is 4. The first-order valence-electron chi connectivity index (χ1n) is 12.2. The van der Waals surface area contributed by atoms with Gasteiger partial charge in [0.1, 0.15) is 11.8 Å². The molecule has 2 amide bonds. The quantitative estimate of drug-likeness (QED) is 0.356. The Morgan fingerprint density at radius 1 is 1.09 bits per heavy atom. The normalized spacial score (nSPS) is 14.9. The van der Waals surface area contributed by atoms with Gasteiger partial charge in [-0.15, -0.1) is 11.8 Å². The molecule has 0 radical (unpaired) electrons. The van der Waals surface area contributed by atoms with Crippen molar-refractivity contribution in [3.05, 3.63) is 63.6 Å². The maximum atomic E-state index is 13.5. The molecular weight excluding hydrogens is 503 g/mol. The van der Waals surface area contributed by atoms with E-state index in [2.05, 4.69) is 5.32 Å². The number of benzene rings is 2. The first-order valence-corrected chi connectivity index (χ1v) is 14.1. The maximum Gasteiger partial charge on any atom is 0.243 e. The fraction of sp³-hybridized carbons (Fsp3) is 0.481. The van der Waals surface area contributed by atoms with E-state index in [9.17, 15) is 9.59 Å². The summed E-state index contributed by atoms with van der Waals surface area (Å²) in [7, 11) is 1.64. The lowest BCUT2D eigenvalue weighted by molar-refractivity contribution is -0.139. The Labute approximate surface area is 222 Å². The lowest BCUT2D eigenvalue weighted by Crippen LogP contribution is -2.52. The highest BCUT2D eigenvalue weighted by Gasteiger charge is 2.31. The predicted octanol–water partition coefficient (Wildman–Crippen LogP) is 6.49. The number of methoxy groups -OCH3 is 1. The van der Waals surface area contributed by atoms with Crippen LogP contribution in [0.15, 0.2) is 42.5 Å². The van der Waals surface area contributed by atoms with E-state index in [0.717, 1.165) is 37.0 Å². The number of amides is 2. The fourth-order valence-corrected chi connectivity index (χ4v) is 5.77. The lowest BCUT2D eigenvalue weighted by Gasteiger charge is -2.33. The maximum absolute atomic E-state index is 13.5. The van der Waals surface area contributed by atoms with Crippen LogP contribution in [-0.2, 0) is 21.9 Å². The minimum Gasteiger partial charge on any atom is -0.497 e. The molecule has 3 rings (SSSR count). The van der Waals surface area contributed by atoms with Gasteiger partial charge in [-0.25, -0.2) is 0 Å². The molecule has 1 saturated carbocycles. The van der Waals surface area contributed by atoms with E-state index in [0.29, 0.717) is 27.8 Å². The third-order valence-corrected chi connectivity index (χ3v) is 8.08. The molecule has 8 heteroatoms. The van der Waals surface area contributed by atoms with Crippen molar-refractivity contribution in [3.8, 4) is 5.75 Å². The third kappa shape index (κ3) is 8.06. The topological polar surface area (TPSA) is 58.6 Å². The molecule has 5 nitrogen and oxygen atoms in total. The minimum absolute atomic E-state index is 0.101. The molecule has 1 atom stereocenters. The van der Waals surface area contributed by atoms with Gasteiger partial charge < -0.3 is 15.0 Å². The third-order valence-electron chi connectivity index (χ3n) is 6.38. The van der Waals surface area contributed by atoms with Crippen LogP contribution in [0, 0.1) is 0 Å². The molecule has 35 heavy (non-hydrogen) atoms. The highest BCUT2D eigenvalue weighted by Crippen LogP contribution is 2.28. The Hall–Kier alpha value is -1.89. The van der Waals surface area contributed by atoms with Crippen molar-refractivity contribution >= 4 is 46.8 Å². The number of rotatable bonds is 11. The van der Waals surface area contributed by atoms with Gasteiger partial charge in [-0.1, -0.05) is 67.6 Å². The van der Waals surface area contributed by atoms with E-state index in [4.69, 9.17) is 27.9 Å². The fourth-order valence-electron chi connectivity index (χ4n) is 4.38. The number of ether oxygens (including phenoxy) is 1. The summed E-state index contributed by atoms with van der Waals surface area (Å²) < 4.78 is 5.21. The van der Waals surface area contributed by atoms with E-state index < -0.39 is 6.04 Å². The van der Waals surface area contributed by atoms with Gasteiger partial charge in [-0.3, -0.25) is 9.59 Å². The molecule has 0 bridgehead atoms. The Morgan fingerprint density at radius 3 is 2.34 bits per heavy atom. The van der Waals surface area contributed by atoms with Gasteiger partial charge in [0.2, 0.25) is 11.8 Å². The molecule has 2 aromatic rings. The van der Waals surface area contributed by atoms with Gasteiger partial charge in [0.05, 0.1) is 12.9 Å². The van der Waals surface area contributed by atoms with Crippen LogP contribution >= 0.6 is 35.0 Å². The highest BCUT2D eigenvalue weighted by molar-refractivity contribution is 7.99. The molecule has 1 aliphatic carbocycles. The van der Waals surface area contributed by atoms with Crippen LogP contribution in [0.3, 0.4) is 0 Å². The van der Waals surface area contributed by atoms with Crippen molar-refractivity contribution < 1.29 is 14.3 Å². The zero-order chi connectivity index (χ0) is 25.2. The smallest absolute Gasteiger partial charge is 0.243 e. The Bertz CT molecular complexity index is 961. The van der Waals surface area contributed by atoms with Crippen molar-refractivity contribution in [3.63, 3.8) is 0 Å². The second kappa shape index (κ2) is 14.0. The molecule has 1 fully saturated rings. The highest BCUT2D eigenvalue weighted by atomic mass is 35.5. The summed E-state index contributed by atoms with van der Waals surface area (Å²) in [6.45, 7) is 2.13. The number of nitrogens with zero attached hydrogens (tertiary/aromatic N) is 1. The van der Waals surface area contributed by atoms with Crippen LogP contribution in [0.5, 0.6) is 5.75 Å². The van der Waals surface area contributed by atoms with Crippen molar-refractivity contribution in [2.75, 3.05) is 12.9 Å². The summed E-state index contributed by atoms with van der Waals surface area (Å²) in [5, 5.41) is 4.17. The van der Waals surface area contributed by atoms with E-state index in [-0.39, 0.29) is 30.2 Å². The second-order valence-corrected chi connectivity index (χ2v) is 10.6. The molecule has 2 aromatic carbocycles. The van der Waals surface area contributed by atoms with Crippen molar-refractivity contribution in [2.24, 2.45) is 0 Å². The summed E-state index contributed by atoms with van der Waals surface area (Å²) in [4.78, 5) is 28.4. The van der Waals surface area contributed by atoms with E-state index in [1.165, 1.54) is 18.2 Å². The number of thioether (sulfide) groups is 1. The molecule has 1 aliphatic rings. The number of halogens is 2. The zero-order valence-corrected chi connectivity index (χ0v) is 22.7. The molecule has 0 unspecified atom stereocenters. The SMILES string of the molecule is CC[C@H](C(=O)NC1CCCCC1)N(Cc1c(Cl)cccc1Cl)C(=O)CSCc1ccc(OC)cc1. The van der Waals surface area contributed by atoms with Crippen LogP contribution in [0.4, 0.5) is 0 Å². The second-order valence-electron chi connectivity index (χ2n) is 8.83. The summed E-state index contributed by atoms with van der Waals surface area (Å²) >= 11 is 14.4. The first-order chi connectivity index (χ1) is 16.9. The van der Waals surface area contributed by atoms with Gasteiger partial charge in [0.15, 0.2) is 0 Å². The number of carbonyl (C=O) groups excluding carboxylic acids is 2. The molecule has 1 N–H and O–H groups in total. The largest absolute Gasteiger partial charge is 0.497 e. The molecular formula is C27H34Cl2N2O3S. The summed E-state index contributed by atoms with van der Waals surface area (Å²) in [5.74, 6) is 1.52. The Balaban J connectivity index is 1.73. The molecule has 0 aromatic heterocycles. The standard InChI is InChI=1S/C27H34Cl2N2O3S/c1-3-25(27(33)30-20-8-5-4-6-9-20)31(16-22-23(28)10-7-11-24(22)29)26(32)18-35-17-19-12-14-21(34-2)15-13-19/h7,10-15,20,25H,3-6,8-9,16-18H2,1-2H3,(H,30,33)/t25-/m1/s1. The molecule has 0 spiro atoms. The monoisotopic (exact) mass is 536 g/mol. The zero-order valence-electron chi connectivity index (χ0n) is 20.4. The van der Waals surface area contributed by atoms with E-state index >= 15 is 0 Å². The summed E-state index contributed by atoms with van der Waals surface area (Å²) in [5.41, 5.74) is 1.76. The molecule has 0 saturated heterocycles. The lowest BCUT2D eigenvalue weighted by atomic mass is 9.95. The molecule has 0 heterocycles. The summed E-state index contributed by atoms with van der Waals surface area (Å²) in [6.07, 6.45) is 5.96. The van der Waals surface area contributed by atoms with Crippen molar-refractivity contribution in [1.29, 1.82) is 0 Å². The van der Waals surface area contributed by atoms with Crippen LogP contribution in [-0.4, -0.2) is 41.7 Å². The van der Waals surface area contributed by atoms with Crippen molar-refractivity contribution in [1.82, 2.24) is 10.2 Å². The van der Waals surface area contributed by atoms with E-state index in [1.807, 2.05) is 31.2 Å². The van der Waals surface area contributed by atoms with Crippen LogP contribution in [0.25, 0.3) is 0 Å². The number of carbonyl (C=O) groups is 2. The summed E-state index contributed by atoms with van der Waals surface area (Å²) in [6, 6.07) is 12.7. The van der Waals surface area contributed by atoms with Crippen LogP contribution in [0.1, 0.15) is 56.6 Å². The Kier molecular flexibility index (Phi) is 11.1. The van der Waals surface area contributed by atoms with Crippen LogP contribution < -0.4 is 10.1 Å². The average Bonchev–Trinajstić information content (AvgIpc) is 2.86. The van der Waals surface area contributed by atoms with Gasteiger partial charge in [-0.2, -0.15) is 0 Å². The van der Waals surface area contributed by atoms with Gasteiger partial charge >= 0.3 is 0 Å². The number of nitrogens with one attached hydrogen (secondary N) is 1. The van der Waals surface area contributed by atoms with Crippen LogP contribution in [0.2, 0.25) is 10.0 Å². The van der Waals surface area contributed by atoms with Crippen molar-refractivity contribution in [2.45, 2.75) is 69.8 Å².